The van der Waals surface area contributed by atoms with Crippen molar-refractivity contribution in [2.75, 3.05) is 20.8 Å². The maximum atomic E-state index is 13.4. The van der Waals surface area contributed by atoms with Gasteiger partial charge in [-0.3, -0.25) is 13.9 Å². The molecule has 10 heteroatoms. The summed E-state index contributed by atoms with van der Waals surface area (Å²) in [6.07, 6.45) is 0.710. The van der Waals surface area contributed by atoms with Gasteiger partial charge in [0.25, 0.3) is 5.56 Å². The van der Waals surface area contributed by atoms with Gasteiger partial charge in [0, 0.05) is 51.6 Å². The molecule has 4 rings (SSSR count). The maximum Gasteiger partial charge on any atom is 0.332 e. The lowest BCUT2D eigenvalue weighted by molar-refractivity contribution is -0.114. The van der Waals surface area contributed by atoms with E-state index in [9.17, 15) is 18.4 Å². The minimum atomic E-state index is -2.65. The van der Waals surface area contributed by atoms with Crippen molar-refractivity contribution in [3.05, 3.63) is 31.3 Å². The molecule has 2 fully saturated rings. The summed E-state index contributed by atoms with van der Waals surface area (Å²) < 4.78 is 40.1. The van der Waals surface area contributed by atoms with E-state index < -0.39 is 11.5 Å². The molecule has 0 aliphatic heterocycles. The topological polar surface area (TPSA) is 74.5 Å². The van der Waals surface area contributed by atoms with Crippen molar-refractivity contribution in [2.24, 2.45) is 5.92 Å². The maximum absolute atomic E-state index is 13.4. The summed E-state index contributed by atoms with van der Waals surface area (Å²) in [6, 6.07) is 0. The summed E-state index contributed by atoms with van der Waals surface area (Å²) in [4.78, 5) is 28.2. The number of aryl methyl sites for hydroxylation is 1. The molecular formula is C21H29F2N3O4S. The Labute approximate surface area is 183 Å². The highest BCUT2D eigenvalue weighted by atomic mass is 32.1. The third-order valence-corrected chi connectivity index (χ3v) is 7.88. The highest BCUT2D eigenvalue weighted by Crippen LogP contribution is 2.44. The number of thiophene rings is 1. The summed E-state index contributed by atoms with van der Waals surface area (Å²) in [7, 11) is 3.12. The van der Waals surface area contributed by atoms with Crippen molar-refractivity contribution in [3.63, 3.8) is 0 Å². The SMILES string of the molecule is COC(CNCc1sc2c(c1C)c(=O)n(C1(C)CC1)c(=O)n2CC1CC(F)(F)C1)OC. The predicted molar refractivity (Wildman–Crippen MR) is 115 cm³/mol. The van der Waals surface area contributed by atoms with Crippen LogP contribution in [0, 0.1) is 12.8 Å². The molecular weight excluding hydrogens is 428 g/mol. The van der Waals surface area contributed by atoms with Gasteiger partial charge in [0.2, 0.25) is 5.92 Å². The van der Waals surface area contributed by atoms with E-state index >= 15 is 0 Å². The fraction of sp³-hybridized carbons (Fsp3) is 0.714. The average Bonchev–Trinajstić information content (AvgIpc) is 3.33. The van der Waals surface area contributed by atoms with Crippen LogP contribution in [0.15, 0.2) is 9.59 Å². The number of ether oxygens (including phenoxy) is 2. The first-order chi connectivity index (χ1) is 14.6. The molecule has 2 aromatic rings. The highest BCUT2D eigenvalue weighted by Gasteiger charge is 2.46. The summed E-state index contributed by atoms with van der Waals surface area (Å²) in [5, 5.41) is 3.78. The van der Waals surface area contributed by atoms with Gasteiger partial charge in [0.15, 0.2) is 6.29 Å². The number of fused-ring (bicyclic) bond motifs is 1. The van der Waals surface area contributed by atoms with E-state index in [1.165, 1.54) is 15.9 Å². The van der Waals surface area contributed by atoms with Gasteiger partial charge in [-0.1, -0.05) is 0 Å². The van der Waals surface area contributed by atoms with Crippen molar-refractivity contribution < 1.29 is 18.3 Å². The molecule has 0 unspecified atom stereocenters. The number of nitrogens with zero attached hydrogens (tertiary/aromatic N) is 2. The second-order valence-electron chi connectivity index (χ2n) is 9.02. The van der Waals surface area contributed by atoms with Crippen LogP contribution in [0.25, 0.3) is 10.2 Å². The molecule has 1 N–H and O–H groups in total. The molecule has 31 heavy (non-hydrogen) atoms. The lowest BCUT2D eigenvalue weighted by Gasteiger charge is -2.35. The van der Waals surface area contributed by atoms with Gasteiger partial charge < -0.3 is 14.8 Å². The van der Waals surface area contributed by atoms with Crippen LogP contribution in [0.4, 0.5) is 8.78 Å². The number of hydrogen-bond donors (Lipinski definition) is 1. The van der Waals surface area contributed by atoms with E-state index in [2.05, 4.69) is 5.32 Å². The van der Waals surface area contributed by atoms with Crippen LogP contribution < -0.4 is 16.6 Å². The molecule has 0 aromatic carbocycles. The van der Waals surface area contributed by atoms with Crippen LogP contribution in [0.3, 0.4) is 0 Å². The number of nitrogens with one attached hydrogen (secondary N) is 1. The molecule has 2 aliphatic rings. The van der Waals surface area contributed by atoms with Crippen molar-refractivity contribution in [2.45, 2.75) is 70.4 Å². The normalized spacial score (nSPS) is 19.8. The van der Waals surface area contributed by atoms with Crippen LogP contribution in [-0.2, 0) is 28.1 Å². The summed E-state index contributed by atoms with van der Waals surface area (Å²) in [5.41, 5.74) is -0.311. The number of aromatic nitrogens is 2. The zero-order chi connectivity index (χ0) is 22.6. The largest absolute Gasteiger partial charge is 0.355 e. The first-order valence-electron chi connectivity index (χ1n) is 10.5. The number of alkyl halides is 2. The van der Waals surface area contributed by atoms with Gasteiger partial charge in [-0.05, 0) is 38.2 Å². The lowest BCUT2D eigenvalue weighted by Crippen LogP contribution is -2.47. The second kappa shape index (κ2) is 8.06. The summed E-state index contributed by atoms with van der Waals surface area (Å²) in [6.45, 7) is 4.95. The Kier molecular flexibility index (Phi) is 5.87. The van der Waals surface area contributed by atoms with E-state index in [4.69, 9.17) is 9.47 Å². The molecule has 2 aromatic heterocycles. The fourth-order valence-electron chi connectivity index (χ4n) is 4.34. The Hall–Kier alpha value is -1.62. The highest BCUT2D eigenvalue weighted by molar-refractivity contribution is 7.18. The zero-order valence-corrected chi connectivity index (χ0v) is 19.1. The number of rotatable bonds is 9. The van der Waals surface area contributed by atoms with Gasteiger partial charge >= 0.3 is 5.69 Å². The molecule has 2 aliphatic carbocycles. The molecule has 0 saturated heterocycles. The van der Waals surface area contributed by atoms with Crippen LogP contribution in [-0.4, -0.2) is 42.1 Å². The lowest BCUT2D eigenvalue weighted by atomic mass is 9.81. The first-order valence-corrected chi connectivity index (χ1v) is 11.3. The van der Waals surface area contributed by atoms with E-state index in [-0.39, 0.29) is 42.8 Å². The Balaban J connectivity index is 1.74. The van der Waals surface area contributed by atoms with Crippen LogP contribution in [0.5, 0.6) is 0 Å². The Morgan fingerprint density at radius 3 is 2.42 bits per heavy atom. The van der Waals surface area contributed by atoms with Crippen LogP contribution >= 0.6 is 11.3 Å². The minimum absolute atomic E-state index is 0.212. The average molecular weight is 458 g/mol. The molecule has 0 atom stereocenters. The monoisotopic (exact) mass is 457 g/mol. The smallest absolute Gasteiger partial charge is 0.332 e. The molecule has 0 amide bonds. The van der Waals surface area contributed by atoms with Gasteiger partial charge in [-0.15, -0.1) is 11.3 Å². The zero-order valence-electron chi connectivity index (χ0n) is 18.3. The van der Waals surface area contributed by atoms with E-state index in [0.29, 0.717) is 23.3 Å². The van der Waals surface area contributed by atoms with E-state index in [1.807, 2.05) is 13.8 Å². The van der Waals surface area contributed by atoms with Crippen molar-refractivity contribution in [1.82, 2.24) is 14.5 Å². The van der Waals surface area contributed by atoms with Crippen LogP contribution in [0.2, 0.25) is 0 Å². The Bertz CT molecular complexity index is 1090. The molecule has 7 nitrogen and oxygen atoms in total. The van der Waals surface area contributed by atoms with Gasteiger partial charge in [-0.2, -0.15) is 0 Å². The minimum Gasteiger partial charge on any atom is -0.355 e. The van der Waals surface area contributed by atoms with Gasteiger partial charge in [0.05, 0.1) is 10.9 Å². The van der Waals surface area contributed by atoms with Crippen molar-refractivity contribution in [3.8, 4) is 0 Å². The molecule has 172 valence electrons. The summed E-state index contributed by atoms with van der Waals surface area (Å²) in [5.74, 6) is -2.91. The molecule has 2 saturated carbocycles. The van der Waals surface area contributed by atoms with Crippen molar-refractivity contribution >= 4 is 21.6 Å². The molecule has 0 radical (unpaired) electrons. The number of halogens is 2. The van der Waals surface area contributed by atoms with E-state index in [0.717, 1.165) is 23.3 Å². The molecule has 2 heterocycles. The Morgan fingerprint density at radius 1 is 1.23 bits per heavy atom. The van der Waals surface area contributed by atoms with E-state index in [1.54, 1.807) is 18.8 Å². The summed E-state index contributed by atoms with van der Waals surface area (Å²) >= 11 is 1.38. The van der Waals surface area contributed by atoms with Crippen LogP contribution in [0.1, 0.15) is 43.0 Å². The number of methoxy groups -OCH3 is 2. The third-order valence-electron chi connectivity index (χ3n) is 6.56. The fourth-order valence-corrected chi connectivity index (χ4v) is 5.61. The first kappa shape index (κ1) is 22.6. The van der Waals surface area contributed by atoms with Gasteiger partial charge in [-0.25, -0.2) is 13.6 Å². The second-order valence-corrected chi connectivity index (χ2v) is 10.1. The number of hydrogen-bond acceptors (Lipinski definition) is 6. The standard InChI is InChI=1S/C21H29F2N3O4S/c1-12-14(9-24-10-15(29-3)30-4)31-18-16(12)17(27)26(20(2)5-6-20)19(28)25(18)11-13-7-21(22,23)8-13/h13,15,24H,5-11H2,1-4H3. The predicted octanol–water partition coefficient (Wildman–Crippen LogP) is 2.80. The third kappa shape index (κ3) is 4.10. The van der Waals surface area contributed by atoms with Gasteiger partial charge in [0.1, 0.15) is 4.83 Å². The van der Waals surface area contributed by atoms with Crippen molar-refractivity contribution in [1.29, 1.82) is 0 Å². The Morgan fingerprint density at radius 2 is 1.87 bits per heavy atom. The molecule has 0 bridgehead atoms. The molecule has 0 spiro atoms. The quantitative estimate of drug-likeness (QED) is 0.586.